The fourth-order valence-corrected chi connectivity index (χ4v) is 3.16. The zero-order valence-electron chi connectivity index (χ0n) is 11.6. The number of nitrogens with zero attached hydrogens (tertiary/aromatic N) is 2. The molecule has 100 valence electrons. The second-order valence-corrected chi connectivity index (χ2v) is 5.37. The third-order valence-electron chi connectivity index (χ3n) is 3.42. The summed E-state index contributed by atoms with van der Waals surface area (Å²) in [6.45, 7) is 8.04. The van der Waals surface area contributed by atoms with Crippen molar-refractivity contribution < 1.29 is 4.74 Å². The summed E-state index contributed by atoms with van der Waals surface area (Å²) < 4.78 is 8.33. The molecule has 0 bridgehead atoms. The molecule has 1 rings (SSSR count). The molecule has 1 aromatic heterocycles. The fraction of sp³-hybridized carbons (Fsp3) is 0.643. The monoisotopic (exact) mass is 312 g/mol. The van der Waals surface area contributed by atoms with Gasteiger partial charge in [-0.05, 0) is 41.6 Å². The van der Waals surface area contributed by atoms with Crippen LogP contribution in [0, 0.1) is 18.3 Å². The number of methoxy groups -OCH3 is 1. The zero-order valence-corrected chi connectivity index (χ0v) is 13.2. The molecule has 1 aromatic rings. The molecule has 1 heterocycles. The Morgan fingerprint density at radius 2 is 2.17 bits per heavy atom. The van der Waals surface area contributed by atoms with E-state index in [1.54, 1.807) is 7.11 Å². The lowest BCUT2D eigenvalue weighted by Gasteiger charge is -2.16. The highest BCUT2D eigenvalue weighted by molar-refractivity contribution is 9.10. The van der Waals surface area contributed by atoms with Gasteiger partial charge in [-0.2, -0.15) is 5.26 Å². The normalized spacial score (nSPS) is 12.4. The molecule has 0 aromatic carbocycles. The Bertz CT molecular complexity index is 446. The molecular weight excluding hydrogens is 292 g/mol. The summed E-state index contributed by atoms with van der Waals surface area (Å²) in [5, 5.41) is 9.25. The van der Waals surface area contributed by atoms with Crippen molar-refractivity contribution in [2.75, 3.05) is 13.7 Å². The number of rotatable bonds is 6. The van der Waals surface area contributed by atoms with Crippen molar-refractivity contribution in [1.29, 1.82) is 5.26 Å². The minimum Gasteiger partial charge on any atom is -0.385 e. The number of aromatic nitrogens is 1. The maximum absolute atomic E-state index is 9.25. The van der Waals surface area contributed by atoms with Crippen molar-refractivity contribution in [2.45, 2.75) is 46.1 Å². The molecule has 0 radical (unpaired) electrons. The zero-order chi connectivity index (χ0) is 13.7. The Morgan fingerprint density at radius 1 is 1.50 bits per heavy atom. The molecule has 3 nitrogen and oxygen atoms in total. The predicted molar refractivity (Wildman–Crippen MR) is 76.8 cm³/mol. The minimum absolute atomic E-state index is 0.447. The second kappa shape index (κ2) is 6.96. The van der Waals surface area contributed by atoms with Crippen molar-refractivity contribution in [2.24, 2.45) is 0 Å². The largest absolute Gasteiger partial charge is 0.385 e. The highest BCUT2D eigenvalue weighted by atomic mass is 79.9. The molecule has 0 saturated heterocycles. The van der Waals surface area contributed by atoms with Crippen LogP contribution in [0.2, 0.25) is 0 Å². The Morgan fingerprint density at radius 3 is 2.67 bits per heavy atom. The van der Waals surface area contributed by atoms with Crippen LogP contribution in [0.3, 0.4) is 0 Å². The van der Waals surface area contributed by atoms with Gasteiger partial charge in [0.25, 0.3) is 0 Å². The average molecular weight is 313 g/mol. The first-order valence-electron chi connectivity index (χ1n) is 6.35. The standard InChI is InChI=1S/C14H21BrN2O/c1-5-10(2)14-13(15)12(9-16)11(3)17(14)7-6-8-18-4/h10H,5-8H2,1-4H3. The third-order valence-corrected chi connectivity index (χ3v) is 4.23. The van der Waals surface area contributed by atoms with Gasteiger partial charge in [0.2, 0.25) is 0 Å². The maximum atomic E-state index is 9.25. The summed E-state index contributed by atoms with van der Waals surface area (Å²) in [5.41, 5.74) is 3.06. The summed E-state index contributed by atoms with van der Waals surface area (Å²) in [6.07, 6.45) is 2.03. The number of hydrogen-bond acceptors (Lipinski definition) is 2. The number of ether oxygens (including phenoxy) is 1. The summed E-state index contributed by atoms with van der Waals surface area (Å²) in [6, 6.07) is 2.29. The average Bonchev–Trinajstić information content (AvgIpc) is 2.60. The van der Waals surface area contributed by atoms with Crippen LogP contribution in [-0.4, -0.2) is 18.3 Å². The lowest BCUT2D eigenvalue weighted by Crippen LogP contribution is -2.09. The molecule has 0 spiro atoms. The molecule has 18 heavy (non-hydrogen) atoms. The van der Waals surface area contributed by atoms with E-state index in [4.69, 9.17) is 4.74 Å². The van der Waals surface area contributed by atoms with E-state index in [9.17, 15) is 5.26 Å². The molecule has 0 amide bonds. The smallest absolute Gasteiger partial charge is 0.102 e. The van der Waals surface area contributed by atoms with E-state index >= 15 is 0 Å². The lowest BCUT2D eigenvalue weighted by molar-refractivity contribution is 0.189. The van der Waals surface area contributed by atoms with Gasteiger partial charge in [-0.3, -0.25) is 0 Å². The minimum atomic E-state index is 0.447. The van der Waals surface area contributed by atoms with E-state index in [1.165, 1.54) is 5.69 Å². The highest BCUT2D eigenvalue weighted by Crippen LogP contribution is 2.34. The van der Waals surface area contributed by atoms with Crippen LogP contribution in [-0.2, 0) is 11.3 Å². The van der Waals surface area contributed by atoms with Crippen LogP contribution in [0.15, 0.2) is 4.47 Å². The summed E-state index contributed by atoms with van der Waals surface area (Å²) in [7, 11) is 1.72. The van der Waals surface area contributed by atoms with Gasteiger partial charge in [-0.15, -0.1) is 0 Å². The molecule has 0 saturated carbocycles. The number of halogens is 1. The van der Waals surface area contributed by atoms with Gasteiger partial charge >= 0.3 is 0 Å². The molecule has 0 aliphatic rings. The van der Waals surface area contributed by atoms with Crippen LogP contribution < -0.4 is 0 Å². The molecular formula is C14H21BrN2O. The van der Waals surface area contributed by atoms with Crippen molar-refractivity contribution in [3.05, 3.63) is 21.4 Å². The quantitative estimate of drug-likeness (QED) is 0.745. The first kappa shape index (κ1) is 15.3. The Kier molecular flexibility index (Phi) is 5.90. The van der Waals surface area contributed by atoms with Crippen LogP contribution in [0.1, 0.15) is 49.6 Å². The van der Waals surface area contributed by atoms with Crippen molar-refractivity contribution in [3.8, 4) is 6.07 Å². The van der Waals surface area contributed by atoms with Gasteiger partial charge in [0.15, 0.2) is 0 Å². The summed E-state index contributed by atoms with van der Waals surface area (Å²) >= 11 is 3.59. The van der Waals surface area contributed by atoms with Crippen LogP contribution in [0.4, 0.5) is 0 Å². The summed E-state index contributed by atoms with van der Waals surface area (Å²) in [4.78, 5) is 0. The molecule has 4 heteroatoms. The van der Waals surface area contributed by atoms with Crippen LogP contribution >= 0.6 is 15.9 Å². The number of nitriles is 1. The van der Waals surface area contributed by atoms with Crippen molar-refractivity contribution in [1.82, 2.24) is 4.57 Å². The molecule has 1 atom stereocenters. The fourth-order valence-electron chi connectivity index (χ4n) is 2.18. The Labute approximate surface area is 118 Å². The Hall–Kier alpha value is -0.790. The van der Waals surface area contributed by atoms with E-state index in [2.05, 4.69) is 40.4 Å². The molecule has 0 fully saturated rings. The van der Waals surface area contributed by atoms with Crippen LogP contribution in [0.5, 0.6) is 0 Å². The Balaban J connectivity index is 3.16. The van der Waals surface area contributed by atoms with Gasteiger partial charge in [0, 0.05) is 31.6 Å². The SMILES string of the molecule is CCC(C)c1c(Br)c(C#N)c(C)n1CCCOC. The lowest BCUT2D eigenvalue weighted by atomic mass is 10.0. The molecule has 0 N–H and O–H groups in total. The van der Waals surface area contributed by atoms with Gasteiger partial charge in [0.1, 0.15) is 6.07 Å². The van der Waals surface area contributed by atoms with Crippen molar-refractivity contribution in [3.63, 3.8) is 0 Å². The number of hydrogen-bond donors (Lipinski definition) is 0. The van der Waals surface area contributed by atoms with Crippen molar-refractivity contribution >= 4 is 15.9 Å². The maximum Gasteiger partial charge on any atom is 0.102 e. The third kappa shape index (κ3) is 2.96. The van der Waals surface area contributed by atoms with E-state index in [0.29, 0.717) is 5.92 Å². The van der Waals surface area contributed by atoms with Gasteiger partial charge in [-0.25, -0.2) is 0 Å². The van der Waals surface area contributed by atoms with Gasteiger partial charge in [-0.1, -0.05) is 13.8 Å². The van der Waals surface area contributed by atoms with E-state index in [-0.39, 0.29) is 0 Å². The predicted octanol–water partition coefficient (Wildman–Crippen LogP) is 3.98. The molecule has 1 unspecified atom stereocenters. The second-order valence-electron chi connectivity index (χ2n) is 4.58. The topological polar surface area (TPSA) is 38.0 Å². The van der Waals surface area contributed by atoms with E-state index in [1.807, 2.05) is 6.92 Å². The first-order chi connectivity index (χ1) is 8.58. The van der Waals surface area contributed by atoms with Crippen LogP contribution in [0.25, 0.3) is 0 Å². The highest BCUT2D eigenvalue weighted by Gasteiger charge is 2.21. The first-order valence-corrected chi connectivity index (χ1v) is 7.15. The van der Waals surface area contributed by atoms with Gasteiger partial charge < -0.3 is 9.30 Å². The molecule has 0 aliphatic carbocycles. The van der Waals surface area contributed by atoms with E-state index < -0.39 is 0 Å². The molecule has 0 aliphatic heterocycles. The van der Waals surface area contributed by atoms with Gasteiger partial charge in [0.05, 0.1) is 10.0 Å². The van der Waals surface area contributed by atoms with E-state index in [0.717, 1.165) is 41.7 Å². The summed E-state index contributed by atoms with van der Waals surface area (Å²) in [5.74, 6) is 0.447.